The molecule has 0 aliphatic carbocycles. The largest absolute Gasteiger partial charge is 0.324 e. The molecule has 0 unspecified atom stereocenters. The minimum atomic E-state index is -0.372. The highest BCUT2D eigenvalue weighted by molar-refractivity contribution is 5.99. The molecule has 0 spiro atoms. The molecule has 2 heterocycles. The molecule has 0 radical (unpaired) electrons. The molecule has 4 amide bonds. The van der Waals surface area contributed by atoms with Crippen molar-refractivity contribution < 1.29 is 14.4 Å². The van der Waals surface area contributed by atoms with E-state index in [0.717, 1.165) is 11.3 Å². The molecule has 0 saturated carbocycles. The molecule has 1 aromatic carbocycles. The second-order valence-corrected chi connectivity index (χ2v) is 6.07. The van der Waals surface area contributed by atoms with E-state index < -0.39 is 0 Å². The van der Waals surface area contributed by atoms with Crippen molar-refractivity contribution in [1.29, 1.82) is 0 Å². The second-order valence-electron chi connectivity index (χ2n) is 6.07. The van der Waals surface area contributed by atoms with Crippen LogP contribution in [0.25, 0.3) is 0 Å². The first-order valence-corrected chi connectivity index (χ1v) is 7.92. The van der Waals surface area contributed by atoms with Crippen molar-refractivity contribution in [1.82, 2.24) is 15.1 Å². The molecule has 1 aliphatic rings. The van der Waals surface area contributed by atoms with Gasteiger partial charge < -0.3 is 5.32 Å². The van der Waals surface area contributed by atoms with Crippen LogP contribution in [0, 0.1) is 6.92 Å². The molecule has 1 saturated heterocycles. The second kappa shape index (κ2) is 6.76. The summed E-state index contributed by atoms with van der Waals surface area (Å²) in [5, 5.41) is 11.9. The molecule has 3 N–H and O–H groups in total. The van der Waals surface area contributed by atoms with Crippen LogP contribution in [0.3, 0.4) is 0 Å². The summed E-state index contributed by atoms with van der Waals surface area (Å²) in [6, 6.07) is 8.54. The predicted molar refractivity (Wildman–Crippen MR) is 92.2 cm³/mol. The van der Waals surface area contributed by atoms with Crippen LogP contribution in [0.2, 0.25) is 0 Å². The van der Waals surface area contributed by atoms with Gasteiger partial charge in [-0.25, -0.2) is 4.79 Å². The SMILES string of the molecule is Cc1cc(NC(=O)Nc2ccc(C3CC(=O)NC(=O)C3)cc2)n(C)n1. The van der Waals surface area contributed by atoms with Gasteiger partial charge in [0.05, 0.1) is 5.69 Å². The summed E-state index contributed by atoms with van der Waals surface area (Å²) in [5.41, 5.74) is 2.33. The van der Waals surface area contributed by atoms with Gasteiger partial charge in [0.1, 0.15) is 5.82 Å². The van der Waals surface area contributed by atoms with Gasteiger partial charge in [-0.2, -0.15) is 5.10 Å². The highest BCUT2D eigenvalue weighted by Gasteiger charge is 2.25. The van der Waals surface area contributed by atoms with Gasteiger partial charge in [-0.15, -0.1) is 0 Å². The van der Waals surface area contributed by atoms with E-state index in [-0.39, 0.29) is 23.8 Å². The van der Waals surface area contributed by atoms with E-state index in [1.807, 2.05) is 19.1 Å². The van der Waals surface area contributed by atoms with E-state index in [2.05, 4.69) is 21.0 Å². The molecule has 1 aromatic heterocycles. The topological polar surface area (TPSA) is 105 Å². The molecule has 0 bridgehead atoms. The number of carbonyl (C=O) groups is 3. The Morgan fingerprint density at radius 3 is 2.36 bits per heavy atom. The Hall–Kier alpha value is -3.16. The molecular formula is C17H19N5O3. The zero-order chi connectivity index (χ0) is 18.0. The maximum Gasteiger partial charge on any atom is 0.324 e. The standard InChI is InChI=1S/C17H19N5O3/c1-10-7-14(22(2)21-10)19-17(25)18-13-5-3-11(4-6-13)12-8-15(23)20-16(24)9-12/h3-7,12H,8-9H2,1-2H3,(H2,18,19,25)(H,20,23,24). The van der Waals surface area contributed by atoms with Crippen LogP contribution in [-0.2, 0) is 16.6 Å². The zero-order valence-corrected chi connectivity index (χ0v) is 14.0. The highest BCUT2D eigenvalue weighted by atomic mass is 16.2. The summed E-state index contributed by atoms with van der Waals surface area (Å²) in [7, 11) is 1.75. The third kappa shape index (κ3) is 4.03. The molecule has 2 aromatic rings. The third-order valence-corrected chi connectivity index (χ3v) is 4.03. The van der Waals surface area contributed by atoms with Crippen LogP contribution in [-0.4, -0.2) is 27.6 Å². The van der Waals surface area contributed by atoms with Crippen molar-refractivity contribution in [2.24, 2.45) is 7.05 Å². The fourth-order valence-corrected chi connectivity index (χ4v) is 2.86. The number of hydrogen-bond acceptors (Lipinski definition) is 4. The van der Waals surface area contributed by atoms with Crippen LogP contribution in [0.15, 0.2) is 30.3 Å². The number of urea groups is 1. The first-order chi connectivity index (χ1) is 11.9. The van der Waals surface area contributed by atoms with Crippen molar-refractivity contribution in [3.05, 3.63) is 41.6 Å². The average molecular weight is 341 g/mol. The number of benzene rings is 1. The summed E-state index contributed by atoms with van der Waals surface area (Å²) >= 11 is 0. The molecule has 1 fully saturated rings. The van der Waals surface area contributed by atoms with Crippen molar-refractivity contribution in [3.63, 3.8) is 0 Å². The number of amides is 4. The number of piperidine rings is 1. The monoisotopic (exact) mass is 341 g/mol. The van der Waals surface area contributed by atoms with E-state index >= 15 is 0 Å². The van der Waals surface area contributed by atoms with E-state index in [4.69, 9.17) is 0 Å². The maximum absolute atomic E-state index is 12.1. The number of aryl methyl sites for hydroxylation is 2. The summed E-state index contributed by atoms with van der Waals surface area (Å²) in [6.07, 6.45) is 0.581. The summed E-state index contributed by atoms with van der Waals surface area (Å²) in [4.78, 5) is 35.0. The van der Waals surface area contributed by atoms with Crippen LogP contribution in [0.5, 0.6) is 0 Å². The van der Waals surface area contributed by atoms with Gasteiger partial charge in [0.25, 0.3) is 0 Å². The molecular weight excluding hydrogens is 322 g/mol. The Bertz CT molecular complexity index is 809. The minimum Gasteiger partial charge on any atom is -0.308 e. The Balaban J connectivity index is 1.62. The number of hydrogen-bond donors (Lipinski definition) is 3. The average Bonchev–Trinajstić information content (AvgIpc) is 2.84. The summed E-state index contributed by atoms with van der Waals surface area (Å²) < 4.78 is 1.59. The van der Waals surface area contributed by atoms with Crippen LogP contribution < -0.4 is 16.0 Å². The van der Waals surface area contributed by atoms with Gasteiger partial charge in [0.15, 0.2) is 0 Å². The van der Waals surface area contributed by atoms with E-state index in [1.54, 1.807) is 29.9 Å². The van der Waals surface area contributed by atoms with Gasteiger partial charge in [-0.05, 0) is 24.6 Å². The minimum absolute atomic E-state index is 0.124. The normalized spacial score (nSPS) is 15.0. The van der Waals surface area contributed by atoms with Gasteiger partial charge >= 0.3 is 6.03 Å². The number of imide groups is 1. The van der Waals surface area contributed by atoms with Crippen molar-refractivity contribution in [3.8, 4) is 0 Å². The van der Waals surface area contributed by atoms with E-state index in [1.165, 1.54) is 0 Å². The molecule has 0 atom stereocenters. The van der Waals surface area contributed by atoms with Crippen LogP contribution >= 0.6 is 0 Å². The lowest BCUT2D eigenvalue weighted by atomic mass is 9.89. The smallest absolute Gasteiger partial charge is 0.308 e. The maximum atomic E-state index is 12.1. The molecule has 130 valence electrons. The first kappa shape index (κ1) is 16.7. The third-order valence-electron chi connectivity index (χ3n) is 4.03. The molecule has 3 rings (SSSR count). The summed E-state index contributed by atoms with van der Waals surface area (Å²) in [5.74, 6) is -0.0384. The number of aromatic nitrogens is 2. The van der Waals surface area contributed by atoms with Gasteiger partial charge in [0.2, 0.25) is 11.8 Å². The summed E-state index contributed by atoms with van der Waals surface area (Å²) in [6.45, 7) is 1.85. The quantitative estimate of drug-likeness (QED) is 0.741. The first-order valence-electron chi connectivity index (χ1n) is 7.92. The van der Waals surface area contributed by atoms with Crippen molar-refractivity contribution >= 4 is 29.4 Å². The fraction of sp³-hybridized carbons (Fsp3) is 0.294. The van der Waals surface area contributed by atoms with Crippen molar-refractivity contribution in [2.75, 3.05) is 10.6 Å². The predicted octanol–water partition coefficient (Wildman–Crippen LogP) is 1.89. The van der Waals surface area contributed by atoms with Crippen LogP contribution in [0.4, 0.5) is 16.3 Å². The lowest BCUT2D eigenvalue weighted by molar-refractivity contribution is -0.133. The fourth-order valence-electron chi connectivity index (χ4n) is 2.86. The Morgan fingerprint density at radius 2 is 1.80 bits per heavy atom. The van der Waals surface area contributed by atoms with Crippen molar-refractivity contribution in [2.45, 2.75) is 25.7 Å². The van der Waals surface area contributed by atoms with Gasteiger partial charge in [0, 0.05) is 37.6 Å². The Labute approximate surface area is 144 Å². The number of nitrogens with zero attached hydrogens (tertiary/aromatic N) is 2. The van der Waals surface area contributed by atoms with E-state index in [9.17, 15) is 14.4 Å². The number of nitrogens with one attached hydrogen (secondary N) is 3. The van der Waals surface area contributed by atoms with Gasteiger partial charge in [-0.1, -0.05) is 12.1 Å². The van der Waals surface area contributed by atoms with E-state index in [0.29, 0.717) is 24.3 Å². The zero-order valence-electron chi connectivity index (χ0n) is 14.0. The molecule has 8 nitrogen and oxygen atoms in total. The molecule has 8 heteroatoms. The number of rotatable bonds is 3. The van der Waals surface area contributed by atoms with Crippen LogP contribution in [0.1, 0.15) is 30.0 Å². The molecule has 1 aliphatic heterocycles. The lowest BCUT2D eigenvalue weighted by Gasteiger charge is -2.21. The van der Waals surface area contributed by atoms with Gasteiger partial charge in [-0.3, -0.25) is 24.9 Å². The Kier molecular flexibility index (Phi) is 4.51. The lowest BCUT2D eigenvalue weighted by Crippen LogP contribution is -2.37. The highest BCUT2D eigenvalue weighted by Crippen LogP contribution is 2.27. The number of carbonyl (C=O) groups excluding carboxylic acids is 3. The number of anilines is 2. The molecule has 25 heavy (non-hydrogen) atoms. The Morgan fingerprint density at radius 1 is 1.16 bits per heavy atom.